The van der Waals surface area contributed by atoms with E-state index in [1.54, 1.807) is 31.4 Å². The summed E-state index contributed by atoms with van der Waals surface area (Å²) in [6.07, 6.45) is 1.48. The number of methoxy groups -OCH3 is 4. The van der Waals surface area contributed by atoms with Gasteiger partial charge in [-0.3, -0.25) is 9.59 Å². The van der Waals surface area contributed by atoms with Gasteiger partial charge in [0.05, 0.1) is 41.2 Å². The van der Waals surface area contributed by atoms with Gasteiger partial charge >= 0.3 is 0 Å². The van der Waals surface area contributed by atoms with Crippen LogP contribution in [-0.4, -0.2) is 53.0 Å². The first-order chi connectivity index (χ1) is 14.0. The minimum absolute atomic E-state index is 0.255. The summed E-state index contributed by atoms with van der Waals surface area (Å²) in [7, 11) is 5.95. The molecule has 0 heterocycles. The second kappa shape index (κ2) is 10.5. The molecule has 0 atom stereocenters. The Kier molecular flexibility index (Phi) is 7.84. The maximum absolute atomic E-state index is 12.3. The molecule has 0 saturated heterocycles. The minimum atomic E-state index is -0.476. The zero-order chi connectivity index (χ0) is 21.2. The van der Waals surface area contributed by atoms with E-state index in [2.05, 4.69) is 15.8 Å². The van der Waals surface area contributed by atoms with Crippen LogP contribution in [0.15, 0.2) is 41.5 Å². The standard InChI is InChI=1S/C20H23N3O6/c1-26-15-7-5-13(6-8-15)11-22-23-18(24)12-21-20(25)14-9-16(27-2)19(29-4)17(10-14)28-3/h5-11H,12H2,1-4H3,(H,21,25)(H,23,24). The van der Waals surface area contributed by atoms with E-state index >= 15 is 0 Å². The van der Waals surface area contributed by atoms with Crippen LogP contribution >= 0.6 is 0 Å². The zero-order valence-electron chi connectivity index (χ0n) is 16.6. The van der Waals surface area contributed by atoms with Crippen LogP contribution in [0.5, 0.6) is 23.0 Å². The molecule has 2 aromatic carbocycles. The molecule has 0 aliphatic rings. The fraction of sp³-hybridized carbons (Fsp3) is 0.250. The number of nitrogens with one attached hydrogen (secondary N) is 2. The number of hydrogen-bond donors (Lipinski definition) is 2. The summed E-state index contributed by atoms with van der Waals surface area (Å²) in [6, 6.07) is 10.1. The lowest BCUT2D eigenvalue weighted by molar-refractivity contribution is -0.120. The highest BCUT2D eigenvalue weighted by molar-refractivity contribution is 5.97. The van der Waals surface area contributed by atoms with Crippen molar-refractivity contribution in [3.05, 3.63) is 47.5 Å². The van der Waals surface area contributed by atoms with Crippen molar-refractivity contribution in [3.8, 4) is 23.0 Å². The number of hydrogen-bond acceptors (Lipinski definition) is 7. The maximum Gasteiger partial charge on any atom is 0.259 e. The topological polar surface area (TPSA) is 107 Å². The van der Waals surface area contributed by atoms with Gasteiger partial charge in [0.1, 0.15) is 5.75 Å². The van der Waals surface area contributed by atoms with Crippen molar-refractivity contribution in [3.63, 3.8) is 0 Å². The van der Waals surface area contributed by atoms with Crippen molar-refractivity contribution in [2.75, 3.05) is 35.0 Å². The van der Waals surface area contributed by atoms with Gasteiger partial charge in [0.15, 0.2) is 11.5 Å². The van der Waals surface area contributed by atoms with Crippen molar-refractivity contribution < 1.29 is 28.5 Å². The molecule has 2 aromatic rings. The molecule has 2 amide bonds. The molecular weight excluding hydrogens is 378 g/mol. The molecule has 2 N–H and O–H groups in total. The highest BCUT2D eigenvalue weighted by Crippen LogP contribution is 2.38. The number of carbonyl (C=O) groups is 2. The number of nitrogens with zero attached hydrogens (tertiary/aromatic N) is 1. The first-order valence-corrected chi connectivity index (χ1v) is 8.56. The molecule has 29 heavy (non-hydrogen) atoms. The Morgan fingerprint density at radius 3 is 2.07 bits per heavy atom. The molecule has 0 aliphatic carbocycles. The van der Waals surface area contributed by atoms with Gasteiger partial charge in [-0.2, -0.15) is 5.10 Å². The third kappa shape index (κ3) is 5.86. The van der Waals surface area contributed by atoms with E-state index in [9.17, 15) is 9.59 Å². The van der Waals surface area contributed by atoms with Crippen LogP contribution in [-0.2, 0) is 4.79 Å². The quantitative estimate of drug-likeness (QED) is 0.488. The molecule has 0 aromatic heterocycles. The fourth-order valence-electron chi connectivity index (χ4n) is 2.38. The van der Waals surface area contributed by atoms with E-state index in [4.69, 9.17) is 18.9 Å². The Morgan fingerprint density at radius 1 is 0.931 bits per heavy atom. The third-order valence-electron chi connectivity index (χ3n) is 3.86. The van der Waals surface area contributed by atoms with Crippen LogP contribution in [0.3, 0.4) is 0 Å². The minimum Gasteiger partial charge on any atom is -0.497 e. The lowest BCUT2D eigenvalue weighted by Crippen LogP contribution is -2.34. The molecule has 0 unspecified atom stereocenters. The summed E-state index contributed by atoms with van der Waals surface area (Å²) in [4.78, 5) is 24.2. The van der Waals surface area contributed by atoms with Gasteiger partial charge in [-0.1, -0.05) is 0 Å². The molecular formula is C20H23N3O6. The van der Waals surface area contributed by atoms with E-state index in [0.717, 1.165) is 11.3 Å². The van der Waals surface area contributed by atoms with Crippen molar-refractivity contribution in [2.24, 2.45) is 5.10 Å². The number of carbonyl (C=O) groups excluding carboxylic acids is 2. The Hall–Kier alpha value is -3.75. The summed E-state index contributed by atoms with van der Waals surface area (Å²) in [6.45, 7) is -0.255. The average Bonchev–Trinajstić information content (AvgIpc) is 2.76. The fourth-order valence-corrected chi connectivity index (χ4v) is 2.38. The van der Waals surface area contributed by atoms with Gasteiger partial charge in [-0.25, -0.2) is 5.43 Å². The molecule has 0 bridgehead atoms. The highest BCUT2D eigenvalue weighted by atomic mass is 16.5. The Bertz CT molecular complexity index is 855. The number of rotatable bonds is 9. The van der Waals surface area contributed by atoms with Crippen molar-refractivity contribution in [2.45, 2.75) is 0 Å². The number of ether oxygens (including phenoxy) is 4. The average molecular weight is 401 g/mol. The van der Waals surface area contributed by atoms with E-state index in [1.165, 1.54) is 39.7 Å². The zero-order valence-corrected chi connectivity index (χ0v) is 16.6. The molecule has 0 saturated carbocycles. The molecule has 0 fully saturated rings. The van der Waals surface area contributed by atoms with Gasteiger partial charge in [-0.15, -0.1) is 0 Å². The number of hydrazone groups is 1. The molecule has 0 radical (unpaired) electrons. The third-order valence-corrected chi connectivity index (χ3v) is 3.86. The van der Waals surface area contributed by atoms with Gasteiger partial charge in [0, 0.05) is 5.56 Å². The van der Waals surface area contributed by atoms with Crippen LogP contribution in [0.1, 0.15) is 15.9 Å². The number of benzene rings is 2. The van der Waals surface area contributed by atoms with Gasteiger partial charge in [-0.05, 0) is 42.0 Å². The lowest BCUT2D eigenvalue weighted by Gasteiger charge is -2.14. The van der Waals surface area contributed by atoms with Crippen LogP contribution in [0, 0.1) is 0 Å². The second-order valence-electron chi connectivity index (χ2n) is 5.66. The summed E-state index contributed by atoms with van der Waals surface area (Å²) in [5.41, 5.74) is 3.39. The van der Waals surface area contributed by atoms with Crippen LogP contribution in [0.2, 0.25) is 0 Å². The summed E-state index contributed by atoms with van der Waals surface area (Å²) in [5, 5.41) is 6.36. The van der Waals surface area contributed by atoms with E-state index in [0.29, 0.717) is 17.2 Å². The Morgan fingerprint density at radius 2 is 1.55 bits per heavy atom. The summed E-state index contributed by atoms with van der Waals surface area (Å²) in [5.74, 6) is 0.822. The van der Waals surface area contributed by atoms with Crippen LogP contribution in [0.25, 0.3) is 0 Å². The van der Waals surface area contributed by atoms with E-state index < -0.39 is 11.8 Å². The van der Waals surface area contributed by atoms with Gasteiger partial charge in [0.25, 0.3) is 11.8 Å². The molecule has 2 rings (SSSR count). The SMILES string of the molecule is COc1ccc(C=NNC(=O)CNC(=O)c2cc(OC)c(OC)c(OC)c2)cc1. The van der Waals surface area contributed by atoms with Crippen LogP contribution < -0.4 is 29.7 Å². The molecule has 9 nitrogen and oxygen atoms in total. The maximum atomic E-state index is 12.3. The Labute approximate surface area is 168 Å². The van der Waals surface area contributed by atoms with Gasteiger partial charge in [0.2, 0.25) is 5.75 Å². The first kappa shape index (κ1) is 21.5. The van der Waals surface area contributed by atoms with E-state index in [-0.39, 0.29) is 12.1 Å². The summed E-state index contributed by atoms with van der Waals surface area (Å²) < 4.78 is 20.7. The molecule has 0 spiro atoms. The predicted molar refractivity (Wildman–Crippen MR) is 107 cm³/mol. The van der Waals surface area contributed by atoms with Crippen molar-refractivity contribution >= 4 is 18.0 Å². The largest absolute Gasteiger partial charge is 0.497 e. The van der Waals surface area contributed by atoms with Crippen molar-refractivity contribution in [1.82, 2.24) is 10.7 Å². The smallest absolute Gasteiger partial charge is 0.259 e. The lowest BCUT2D eigenvalue weighted by atomic mass is 10.1. The monoisotopic (exact) mass is 401 g/mol. The van der Waals surface area contributed by atoms with Crippen LogP contribution in [0.4, 0.5) is 0 Å². The molecule has 0 aliphatic heterocycles. The first-order valence-electron chi connectivity index (χ1n) is 8.56. The number of amides is 2. The van der Waals surface area contributed by atoms with E-state index in [1.807, 2.05) is 0 Å². The van der Waals surface area contributed by atoms with Gasteiger partial charge < -0.3 is 24.3 Å². The highest BCUT2D eigenvalue weighted by Gasteiger charge is 2.17. The summed E-state index contributed by atoms with van der Waals surface area (Å²) >= 11 is 0. The second-order valence-corrected chi connectivity index (χ2v) is 5.66. The predicted octanol–water partition coefficient (Wildman–Crippen LogP) is 1.60. The normalized spacial score (nSPS) is 10.3. The van der Waals surface area contributed by atoms with Crippen molar-refractivity contribution in [1.29, 1.82) is 0 Å². The molecule has 154 valence electrons. The molecule has 9 heteroatoms. The Balaban J connectivity index is 1.92.